The molecule has 0 saturated carbocycles. The minimum Gasteiger partial charge on any atom is -0.376 e. The van der Waals surface area contributed by atoms with Gasteiger partial charge < -0.3 is 20.5 Å². The average Bonchev–Trinajstić information content (AvgIpc) is 2.73. The van der Waals surface area contributed by atoms with Crippen molar-refractivity contribution in [3.05, 3.63) is 29.3 Å². The summed E-state index contributed by atoms with van der Waals surface area (Å²) in [5.74, 6) is -0.756. The maximum atomic E-state index is 13.0. The summed E-state index contributed by atoms with van der Waals surface area (Å²) in [5.41, 5.74) is -3.51. The highest BCUT2D eigenvalue weighted by Gasteiger charge is 2.37. The number of carbonyl (C=O) groups is 1. The van der Waals surface area contributed by atoms with Crippen molar-refractivity contribution in [2.24, 2.45) is 5.92 Å². The summed E-state index contributed by atoms with van der Waals surface area (Å²) in [4.78, 5) is 14.1. The molecule has 2 saturated heterocycles. The molecule has 2 aliphatic rings. The van der Waals surface area contributed by atoms with Crippen molar-refractivity contribution in [2.45, 2.75) is 43.9 Å². The van der Waals surface area contributed by atoms with Crippen LogP contribution in [-0.4, -0.2) is 61.0 Å². The highest BCUT2D eigenvalue weighted by molar-refractivity contribution is 5.91. The van der Waals surface area contributed by atoms with E-state index >= 15 is 0 Å². The Morgan fingerprint density at radius 2 is 1.72 bits per heavy atom. The largest absolute Gasteiger partial charge is 0.416 e. The van der Waals surface area contributed by atoms with Gasteiger partial charge >= 0.3 is 12.4 Å². The van der Waals surface area contributed by atoms with Gasteiger partial charge in [0.05, 0.1) is 17.7 Å². The van der Waals surface area contributed by atoms with Crippen LogP contribution in [0.2, 0.25) is 0 Å². The van der Waals surface area contributed by atoms with Crippen molar-refractivity contribution in [3.8, 4) is 0 Å². The molecule has 1 aromatic rings. The maximum absolute atomic E-state index is 13.0. The van der Waals surface area contributed by atoms with Crippen molar-refractivity contribution in [2.75, 3.05) is 38.1 Å². The highest BCUT2D eigenvalue weighted by atomic mass is 19.4. The fraction of sp³-hybridized carbons (Fsp3) is 0.650. The minimum atomic E-state index is -4.98. The molecule has 2 fully saturated rings. The van der Waals surface area contributed by atoms with Gasteiger partial charge in [0.1, 0.15) is 12.3 Å². The van der Waals surface area contributed by atoms with Gasteiger partial charge in [-0.3, -0.25) is 9.69 Å². The molecular weight excluding hydrogens is 444 g/mol. The van der Waals surface area contributed by atoms with Crippen LogP contribution in [-0.2, 0) is 21.9 Å². The number of rotatable bonds is 5. The Bertz CT molecular complexity index is 756. The summed E-state index contributed by atoms with van der Waals surface area (Å²) in [7, 11) is 0. The molecule has 0 spiro atoms. The zero-order valence-corrected chi connectivity index (χ0v) is 17.1. The number of likely N-dealkylation sites (tertiary alicyclic amines) is 1. The van der Waals surface area contributed by atoms with Crippen LogP contribution in [0, 0.1) is 5.92 Å². The predicted molar refractivity (Wildman–Crippen MR) is 103 cm³/mol. The molecule has 0 aliphatic carbocycles. The summed E-state index contributed by atoms with van der Waals surface area (Å²) in [5, 5.41) is 15.7. The summed E-state index contributed by atoms with van der Waals surface area (Å²) >= 11 is 0. The van der Waals surface area contributed by atoms with E-state index < -0.39 is 41.3 Å². The second-order valence-corrected chi connectivity index (χ2v) is 8.05. The number of aliphatic hydroxyl groups excluding tert-OH is 1. The van der Waals surface area contributed by atoms with E-state index in [0.717, 1.165) is 6.54 Å². The van der Waals surface area contributed by atoms with Gasteiger partial charge in [0.25, 0.3) is 0 Å². The molecule has 12 heteroatoms. The molecule has 0 aromatic heterocycles. The van der Waals surface area contributed by atoms with E-state index in [2.05, 4.69) is 10.6 Å². The van der Waals surface area contributed by atoms with Gasteiger partial charge in [-0.15, -0.1) is 0 Å². The van der Waals surface area contributed by atoms with E-state index in [1.807, 2.05) is 4.90 Å². The monoisotopic (exact) mass is 469 g/mol. The predicted octanol–water partition coefficient (Wildman–Crippen LogP) is 3.07. The van der Waals surface area contributed by atoms with E-state index in [0.29, 0.717) is 51.2 Å². The number of hydrogen-bond acceptors (Lipinski definition) is 5. The molecule has 6 nitrogen and oxygen atoms in total. The number of nitrogens with one attached hydrogen (secondary N) is 2. The Morgan fingerprint density at radius 1 is 1.12 bits per heavy atom. The molecule has 32 heavy (non-hydrogen) atoms. The molecule has 180 valence electrons. The normalized spacial score (nSPS) is 22.5. The van der Waals surface area contributed by atoms with E-state index in [9.17, 15) is 36.2 Å². The van der Waals surface area contributed by atoms with Gasteiger partial charge in [-0.25, -0.2) is 0 Å². The Balaban J connectivity index is 1.56. The van der Waals surface area contributed by atoms with Crippen LogP contribution in [0.3, 0.4) is 0 Å². The second kappa shape index (κ2) is 9.94. The Labute approximate surface area is 180 Å². The molecule has 0 bridgehead atoms. The van der Waals surface area contributed by atoms with Crippen molar-refractivity contribution in [3.63, 3.8) is 0 Å². The Hall–Kier alpha value is -1.89. The molecule has 2 unspecified atom stereocenters. The smallest absolute Gasteiger partial charge is 0.376 e. The van der Waals surface area contributed by atoms with E-state index in [-0.39, 0.29) is 24.5 Å². The quantitative estimate of drug-likeness (QED) is 0.579. The van der Waals surface area contributed by atoms with E-state index in [1.54, 1.807) is 0 Å². The van der Waals surface area contributed by atoms with Crippen LogP contribution in [0.15, 0.2) is 18.2 Å². The first kappa shape index (κ1) is 24.7. The molecule has 0 radical (unpaired) electrons. The third-order valence-corrected chi connectivity index (χ3v) is 5.66. The molecule has 2 aliphatic heterocycles. The fourth-order valence-corrected chi connectivity index (χ4v) is 3.94. The number of anilines is 1. The number of amides is 1. The first-order valence-corrected chi connectivity index (χ1v) is 10.3. The van der Waals surface area contributed by atoms with Crippen molar-refractivity contribution < 1.29 is 41.0 Å². The van der Waals surface area contributed by atoms with Crippen LogP contribution in [0.5, 0.6) is 0 Å². The molecule has 1 aromatic carbocycles. The standard InChI is InChI=1S/C20H25F6N3O3/c21-19(22,23)13-8-14(20(24,25)26)10-15(9-13)28-17(30)7-12-1-4-29(5-2-12)18(31)16-11-27-3-6-32-16/h8-10,12,16,18,27,31H,1-7,11H2,(H,28,30). The van der Waals surface area contributed by atoms with Crippen LogP contribution in [0.25, 0.3) is 0 Å². The van der Waals surface area contributed by atoms with Crippen molar-refractivity contribution in [1.29, 1.82) is 0 Å². The van der Waals surface area contributed by atoms with Crippen LogP contribution in [0.1, 0.15) is 30.4 Å². The van der Waals surface area contributed by atoms with Crippen LogP contribution >= 0.6 is 0 Å². The number of nitrogens with zero attached hydrogens (tertiary/aromatic N) is 1. The van der Waals surface area contributed by atoms with Gasteiger partial charge in [0.15, 0.2) is 0 Å². The molecule has 2 heterocycles. The summed E-state index contributed by atoms with van der Waals surface area (Å²) in [6.07, 6.45) is -10.0. The van der Waals surface area contributed by atoms with E-state index in [1.165, 1.54) is 0 Å². The fourth-order valence-electron chi connectivity index (χ4n) is 3.94. The summed E-state index contributed by atoms with van der Waals surface area (Å²) < 4.78 is 83.3. The third-order valence-electron chi connectivity index (χ3n) is 5.66. The highest BCUT2D eigenvalue weighted by Crippen LogP contribution is 2.37. The second-order valence-electron chi connectivity index (χ2n) is 8.05. The van der Waals surface area contributed by atoms with Crippen LogP contribution in [0.4, 0.5) is 32.0 Å². The summed E-state index contributed by atoms with van der Waals surface area (Å²) in [6.45, 7) is 2.75. The lowest BCUT2D eigenvalue weighted by Crippen LogP contribution is -2.54. The Kier molecular flexibility index (Phi) is 7.69. The lowest BCUT2D eigenvalue weighted by Gasteiger charge is -2.39. The number of aliphatic hydroxyl groups is 1. The number of hydrogen-bond donors (Lipinski definition) is 3. The summed E-state index contributed by atoms with van der Waals surface area (Å²) in [6, 6.07) is 0.997. The average molecular weight is 469 g/mol. The number of carbonyl (C=O) groups excluding carboxylic acids is 1. The molecule has 1 amide bonds. The molecular formula is C20H25F6N3O3. The zero-order valence-electron chi connectivity index (χ0n) is 17.1. The number of ether oxygens (including phenoxy) is 1. The van der Waals surface area contributed by atoms with Gasteiger partial charge in [0.2, 0.25) is 5.91 Å². The first-order chi connectivity index (χ1) is 14.9. The lowest BCUT2D eigenvalue weighted by atomic mass is 9.92. The number of benzene rings is 1. The van der Waals surface area contributed by atoms with Gasteiger partial charge in [0, 0.05) is 38.3 Å². The van der Waals surface area contributed by atoms with E-state index in [4.69, 9.17) is 4.74 Å². The first-order valence-electron chi connectivity index (χ1n) is 10.3. The number of morpholine rings is 1. The van der Waals surface area contributed by atoms with Crippen molar-refractivity contribution in [1.82, 2.24) is 10.2 Å². The topological polar surface area (TPSA) is 73.8 Å². The van der Waals surface area contributed by atoms with Gasteiger partial charge in [-0.1, -0.05) is 0 Å². The molecule has 2 atom stereocenters. The van der Waals surface area contributed by atoms with Gasteiger partial charge in [-0.2, -0.15) is 26.3 Å². The number of halogens is 6. The third kappa shape index (κ3) is 6.56. The minimum absolute atomic E-state index is 0.0161. The van der Waals surface area contributed by atoms with Crippen LogP contribution < -0.4 is 10.6 Å². The maximum Gasteiger partial charge on any atom is 0.416 e. The SMILES string of the molecule is O=C(CC1CCN(C(O)C2CNCCO2)CC1)Nc1cc(C(F)(F)F)cc(C(F)(F)F)c1. The van der Waals surface area contributed by atoms with Gasteiger partial charge in [-0.05, 0) is 37.0 Å². The zero-order chi connectivity index (χ0) is 23.5. The molecule has 3 N–H and O–H groups in total. The molecule has 3 rings (SSSR count). The Morgan fingerprint density at radius 3 is 2.22 bits per heavy atom. The van der Waals surface area contributed by atoms with Crippen molar-refractivity contribution >= 4 is 11.6 Å². The number of piperidine rings is 1. The number of alkyl halides is 6. The lowest BCUT2D eigenvalue weighted by molar-refractivity contribution is -0.143.